The maximum Gasteiger partial charge on any atom is 0.407 e. The van der Waals surface area contributed by atoms with Crippen LogP contribution in [0, 0.1) is 23.2 Å². The lowest BCUT2D eigenvalue weighted by Crippen LogP contribution is -2.55. The predicted octanol–water partition coefficient (Wildman–Crippen LogP) is 3.77. The van der Waals surface area contributed by atoms with Gasteiger partial charge in [-0.25, -0.2) is 4.79 Å². The first-order valence-corrected chi connectivity index (χ1v) is 8.87. The van der Waals surface area contributed by atoms with E-state index in [2.05, 4.69) is 13.8 Å². The van der Waals surface area contributed by atoms with Crippen molar-refractivity contribution < 1.29 is 19.4 Å². The molecule has 0 bridgehead atoms. The van der Waals surface area contributed by atoms with Gasteiger partial charge in [0.1, 0.15) is 0 Å². The lowest BCUT2D eigenvalue weighted by molar-refractivity contribution is -0.153. The minimum Gasteiger partial charge on any atom is -0.465 e. The first-order valence-electron chi connectivity index (χ1n) is 8.87. The second-order valence-corrected chi connectivity index (χ2v) is 8.28. The maximum atomic E-state index is 12.0. The van der Waals surface area contributed by atoms with Crippen LogP contribution in [0.2, 0.25) is 0 Å². The quantitative estimate of drug-likeness (QED) is 0.781. The summed E-state index contributed by atoms with van der Waals surface area (Å²) in [6.07, 6.45) is 4.30. The Morgan fingerprint density at radius 2 is 1.74 bits per heavy atom. The predicted molar refractivity (Wildman–Crippen MR) is 88.2 cm³/mol. The third-order valence-corrected chi connectivity index (χ3v) is 5.60. The van der Waals surface area contributed by atoms with Crippen molar-refractivity contribution in [2.45, 2.75) is 65.9 Å². The van der Waals surface area contributed by atoms with E-state index in [-0.39, 0.29) is 23.4 Å². The number of carbonyl (C=O) groups excluding carboxylic acids is 1. The largest absolute Gasteiger partial charge is 0.465 e. The Morgan fingerprint density at radius 3 is 2.22 bits per heavy atom. The van der Waals surface area contributed by atoms with Gasteiger partial charge in [-0.3, -0.25) is 4.79 Å². The minimum absolute atomic E-state index is 0.0324. The highest BCUT2D eigenvalue weighted by atomic mass is 16.5. The third kappa shape index (κ3) is 4.61. The number of rotatable bonds is 5. The molecule has 2 rings (SSSR count). The molecule has 132 valence electrons. The summed E-state index contributed by atoms with van der Waals surface area (Å²) in [5.41, 5.74) is 0.169. The normalized spacial score (nSPS) is 26.0. The zero-order valence-electron chi connectivity index (χ0n) is 14.9. The molecule has 0 aromatic carbocycles. The zero-order valence-corrected chi connectivity index (χ0v) is 14.9. The van der Waals surface area contributed by atoms with Crippen LogP contribution in [0.4, 0.5) is 4.79 Å². The van der Waals surface area contributed by atoms with Crippen LogP contribution in [0.25, 0.3) is 0 Å². The van der Waals surface area contributed by atoms with Crippen molar-refractivity contribution in [1.82, 2.24) is 4.90 Å². The molecule has 1 saturated heterocycles. The van der Waals surface area contributed by atoms with Gasteiger partial charge in [-0.1, -0.05) is 13.8 Å². The maximum absolute atomic E-state index is 12.0. The van der Waals surface area contributed by atoms with E-state index in [0.717, 1.165) is 32.1 Å². The van der Waals surface area contributed by atoms with Crippen molar-refractivity contribution in [3.8, 4) is 0 Å². The van der Waals surface area contributed by atoms with Gasteiger partial charge in [-0.2, -0.15) is 0 Å². The third-order valence-electron chi connectivity index (χ3n) is 5.60. The molecule has 0 radical (unpaired) electrons. The molecule has 1 N–H and O–H groups in total. The van der Waals surface area contributed by atoms with E-state index < -0.39 is 6.09 Å². The van der Waals surface area contributed by atoms with E-state index in [1.165, 1.54) is 4.90 Å². The van der Waals surface area contributed by atoms with Crippen molar-refractivity contribution in [3.05, 3.63) is 0 Å². The topological polar surface area (TPSA) is 66.8 Å². The van der Waals surface area contributed by atoms with Gasteiger partial charge >= 0.3 is 12.1 Å². The molecule has 0 aromatic rings. The second-order valence-electron chi connectivity index (χ2n) is 8.28. The molecule has 1 saturated carbocycles. The van der Waals surface area contributed by atoms with Crippen molar-refractivity contribution >= 4 is 12.1 Å². The number of carboxylic acid groups (broad SMARTS) is 1. The molecule has 1 aliphatic carbocycles. The van der Waals surface area contributed by atoms with Gasteiger partial charge in [0, 0.05) is 13.1 Å². The van der Waals surface area contributed by atoms with Gasteiger partial charge in [0.15, 0.2) is 0 Å². The number of amides is 1. The monoisotopic (exact) mass is 325 g/mol. The lowest BCUT2D eigenvalue weighted by Gasteiger charge is -2.48. The molecule has 1 aliphatic heterocycles. The molecule has 0 aromatic heterocycles. The van der Waals surface area contributed by atoms with Crippen molar-refractivity contribution in [1.29, 1.82) is 0 Å². The fraction of sp³-hybridized carbons (Fsp3) is 0.889. The van der Waals surface area contributed by atoms with Gasteiger partial charge in [0.2, 0.25) is 0 Å². The zero-order chi connectivity index (χ0) is 17.2. The Morgan fingerprint density at radius 1 is 1.17 bits per heavy atom. The Kier molecular flexibility index (Phi) is 5.58. The fourth-order valence-corrected chi connectivity index (χ4v) is 3.97. The Bertz CT molecular complexity index is 432. The van der Waals surface area contributed by atoms with Gasteiger partial charge in [0.25, 0.3) is 0 Å². The number of likely N-dealkylation sites (tertiary alicyclic amines) is 1. The van der Waals surface area contributed by atoms with E-state index in [1.807, 2.05) is 13.8 Å². The number of esters is 1. The van der Waals surface area contributed by atoms with Gasteiger partial charge in [-0.15, -0.1) is 0 Å². The lowest BCUT2D eigenvalue weighted by atomic mass is 9.66. The van der Waals surface area contributed by atoms with Gasteiger partial charge in [0.05, 0.1) is 12.0 Å². The molecule has 23 heavy (non-hydrogen) atoms. The average Bonchev–Trinajstić information content (AvgIpc) is 2.35. The molecule has 0 atom stereocenters. The van der Waals surface area contributed by atoms with E-state index in [9.17, 15) is 9.59 Å². The molecular formula is C18H31NO4. The standard InChI is InChI=1S/C18H31NO4/c1-12(2)23-16(20)14-7-5-13(6-8-14)9-18(3,4)15-10-19(11-15)17(21)22/h12-15H,5-11H2,1-4H3,(H,21,22). The summed E-state index contributed by atoms with van der Waals surface area (Å²) in [5.74, 6) is 1.14. The summed E-state index contributed by atoms with van der Waals surface area (Å²) in [5, 5.41) is 8.96. The van der Waals surface area contributed by atoms with E-state index in [1.54, 1.807) is 0 Å². The summed E-state index contributed by atoms with van der Waals surface area (Å²) in [4.78, 5) is 24.4. The summed E-state index contributed by atoms with van der Waals surface area (Å²) in [7, 11) is 0. The minimum atomic E-state index is -0.804. The summed E-state index contributed by atoms with van der Waals surface area (Å²) >= 11 is 0. The molecule has 1 heterocycles. The number of carbonyl (C=O) groups is 2. The molecule has 2 fully saturated rings. The van der Waals surface area contributed by atoms with Crippen LogP contribution in [0.5, 0.6) is 0 Å². The molecular weight excluding hydrogens is 294 g/mol. The van der Waals surface area contributed by atoms with Crippen molar-refractivity contribution in [2.75, 3.05) is 13.1 Å². The fourth-order valence-electron chi connectivity index (χ4n) is 3.97. The summed E-state index contributed by atoms with van der Waals surface area (Å²) in [6.45, 7) is 9.64. The second kappa shape index (κ2) is 7.10. The van der Waals surface area contributed by atoms with Crippen molar-refractivity contribution in [3.63, 3.8) is 0 Å². The molecule has 5 heteroatoms. The van der Waals surface area contributed by atoms with E-state index in [0.29, 0.717) is 24.9 Å². The highest BCUT2D eigenvalue weighted by Gasteiger charge is 2.42. The highest BCUT2D eigenvalue weighted by Crippen LogP contribution is 2.43. The molecule has 5 nitrogen and oxygen atoms in total. The number of hydrogen-bond donors (Lipinski definition) is 1. The Hall–Kier alpha value is -1.26. The van der Waals surface area contributed by atoms with Gasteiger partial charge in [-0.05, 0) is 63.2 Å². The smallest absolute Gasteiger partial charge is 0.407 e. The molecule has 0 spiro atoms. The van der Waals surface area contributed by atoms with Crippen LogP contribution >= 0.6 is 0 Å². The molecule has 0 unspecified atom stereocenters. The van der Waals surface area contributed by atoms with Crippen LogP contribution < -0.4 is 0 Å². The highest BCUT2D eigenvalue weighted by molar-refractivity contribution is 5.72. The average molecular weight is 325 g/mol. The first-order chi connectivity index (χ1) is 10.7. The first kappa shape index (κ1) is 18.1. The van der Waals surface area contributed by atoms with Gasteiger partial charge < -0.3 is 14.7 Å². The number of hydrogen-bond acceptors (Lipinski definition) is 3. The molecule has 2 aliphatic rings. The number of nitrogens with zero attached hydrogens (tertiary/aromatic N) is 1. The molecule has 1 amide bonds. The Balaban J connectivity index is 1.75. The SMILES string of the molecule is CC(C)OC(=O)C1CCC(CC(C)(C)C2CN(C(=O)O)C2)CC1. The number of ether oxygens (including phenoxy) is 1. The van der Waals surface area contributed by atoms with Crippen LogP contribution in [0.1, 0.15) is 59.8 Å². The Labute approximate surface area is 139 Å². The van der Waals surface area contributed by atoms with E-state index >= 15 is 0 Å². The van der Waals surface area contributed by atoms with Crippen LogP contribution in [0.3, 0.4) is 0 Å². The van der Waals surface area contributed by atoms with E-state index in [4.69, 9.17) is 9.84 Å². The summed E-state index contributed by atoms with van der Waals surface area (Å²) in [6, 6.07) is 0. The van der Waals surface area contributed by atoms with Crippen molar-refractivity contribution in [2.24, 2.45) is 23.2 Å². The van der Waals surface area contributed by atoms with Crippen LogP contribution in [-0.4, -0.2) is 41.3 Å². The summed E-state index contributed by atoms with van der Waals surface area (Å²) < 4.78 is 5.32. The van der Waals surface area contributed by atoms with Crippen LogP contribution in [-0.2, 0) is 9.53 Å². The van der Waals surface area contributed by atoms with Crippen LogP contribution in [0.15, 0.2) is 0 Å².